The fourth-order valence-corrected chi connectivity index (χ4v) is 2.75. The van der Waals surface area contributed by atoms with Crippen molar-refractivity contribution in [1.29, 1.82) is 0 Å². The number of ketones is 1. The van der Waals surface area contributed by atoms with E-state index in [1.54, 1.807) is 31.4 Å². The third kappa shape index (κ3) is 3.85. The Hall–Kier alpha value is -3.28. The van der Waals surface area contributed by atoms with Crippen LogP contribution < -0.4 is 5.32 Å². The molecule has 0 spiro atoms. The Labute approximate surface area is 151 Å². The highest BCUT2D eigenvalue weighted by molar-refractivity contribution is 6.00. The third-order valence-electron chi connectivity index (χ3n) is 4.28. The first-order chi connectivity index (χ1) is 12.6. The van der Waals surface area contributed by atoms with Gasteiger partial charge in [-0.1, -0.05) is 37.3 Å². The van der Waals surface area contributed by atoms with Gasteiger partial charge in [-0.3, -0.25) is 14.7 Å². The Morgan fingerprint density at radius 1 is 1.15 bits per heavy atom. The number of rotatable bonds is 6. The monoisotopic (exact) mass is 348 g/mol. The molecule has 1 amide bonds. The maximum absolute atomic E-state index is 12.7. The molecular weight excluding hydrogens is 328 g/mol. The molecule has 2 heterocycles. The van der Waals surface area contributed by atoms with Crippen molar-refractivity contribution < 1.29 is 9.59 Å². The van der Waals surface area contributed by atoms with Crippen molar-refractivity contribution in [3.63, 3.8) is 0 Å². The van der Waals surface area contributed by atoms with E-state index in [1.807, 2.05) is 37.3 Å². The van der Waals surface area contributed by atoms with E-state index in [4.69, 9.17) is 0 Å². The van der Waals surface area contributed by atoms with E-state index in [0.29, 0.717) is 11.3 Å². The molecule has 1 aromatic carbocycles. The summed E-state index contributed by atoms with van der Waals surface area (Å²) in [4.78, 5) is 29.3. The van der Waals surface area contributed by atoms with Gasteiger partial charge in [0.1, 0.15) is 5.69 Å². The topological polar surface area (TPSA) is 87.7 Å². The minimum Gasteiger partial charge on any atom is -0.354 e. The van der Waals surface area contributed by atoms with Crippen LogP contribution in [0.2, 0.25) is 0 Å². The van der Waals surface area contributed by atoms with Crippen LogP contribution >= 0.6 is 0 Å². The summed E-state index contributed by atoms with van der Waals surface area (Å²) < 4.78 is 0. The van der Waals surface area contributed by atoms with Gasteiger partial charge < -0.3 is 5.32 Å². The smallest absolute Gasteiger partial charge is 0.269 e. The van der Waals surface area contributed by atoms with Crippen LogP contribution in [-0.4, -0.2) is 33.9 Å². The first kappa shape index (κ1) is 17.5. The average molecular weight is 348 g/mol. The van der Waals surface area contributed by atoms with Gasteiger partial charge >= 0.3 is 0 Å². The van der Waals surface area contributed by atoms with Gasteiger partial charge in [-0.2, -0.15) is 5.10 Å². The Morgan fingerprint density at radius 2 is 1.92 bits per heavy atom. The third-order valence-corrected chi connectivity index (χ3v) is 4.28. The molecule has 2 N–H and O–H groups in total. The van der Waals surface area contributed by atoms with Crippen LogP contribution in [0.3, 0.4) is 0 Å². The molecule has 3 rings (SSSR count). The van der Waals surface area contributed by atoms with E-state index in [9.17, 15) is 9.59 Å². The van der Waals surface area contributed by atoms with Gasteiger partial charge in [0.15, 0.2) is 5.78 Å². The summed E-state index contributed by atoms with van der Waals surface area (Å²) in [6, 6.07) is 14.9. The van der Waals surface area contributed by atoms with Gasteiger partial charge in [-0.15, -0.1) is 0 Å². The summed E-state index contributed by atoms with van der Waals surface area (Å²) >= 11 is 0. The molecule has 26 heavy (non-hydrogen) atoms. The summed E-state index contributed by atoms with van der Waals surface area (Å²) in [5.41, 5.74) is 3.18. The second-order valence-electron chi connectivity index (χ2n) is 6.06. The predicted octanol–water partition coefficient (Wildman–Crippen LogP) is 2.74. The van der Waals surface area contributed by atoms with Crippen LogP contribution in [0.15, 0.2) is 54.7 Å². The Morgan fingerprint density at radius 3 is 2.58 bits per heavy atom. The average Bonchev–Trinajstić information content (AvgIpc) is 3.20. The van der Waals surface area contributed by atoms with Crippen LogP contribution in [0, 0.1) is 0 Å². The highest BCUT2D eigenvalue weighted by Gasteiger charge is 2.18. The fourth-order valence-electron chi connectivity index (χ4n) is 2.75. The summed E-state index contributed by atoms with van der Waals surface area (Å²) in [7, 11) is 1.55. The van der Waals surface area contributed by atoms with Crippen molar-refractivity contribution in [2.45, 2.75) is 19.3 Å². The summed E-state index contributed by atoms with van der Waals surface area (Å²) in [6.07, 6.45) is 1.80. The van der Waals surface area contributed by atoms with Crippen LogP contribution in [-0.2, 0) is 6.42 Å². The zero-order valence-electron chi connectivity index (χ0n) is 14.7. The Kier molecular flexibility index (Phi) is 5.22. The van der Waals surface area contributed by atoms with Crippen molar-refractivity contribution in [3.05, 3.63) is 82.9 Å². The molecule has 3 aromatic rings. The van der Waals surface area contributed by atoms with Crippen molar-refractivity contribution in [2.75, 3.05) is 7.05 Å². The molecule has 132 valence electrons. The minimum atomic E-state index is -0.317. The van der Waals surface area contributed by atoms with Gasteiger partial charge in [0.2, 0.25) is 0 Å². The number of carbonyl (C=O) groups is 2. The molecule has 2 aromatic heterocycles. The number of nitrogens with zero attached hydrogens (tertiary/aromatic N) is 2. The second-order valence-corrected chi connectivity index (χ2v) is 6.06. The highest BCUT2D eigenvalue weighted by atomic mass is 16.1. The summed E-state index contributed by atoms with van der Waals surface area (Å²) in [5, 5.41) is 9.21. The molecule has 0 aliphatic rings. The van der Waals surface area contributed by atoms with Crippen molar-refractivity contribution >= 4 is 11.7 Å². The molecule has 0 saturated heterocycles. The maximum Gasteiger partial charge on any atom is 0.269 e. The molecule has 0 radical (unpaired) electrons. The fraction of sp³-hybridized carbons (Fsp3) is 0.200. The maximum atomic E-state index is 12.7. The van der Waals surface area contributed by atoms with Gasteiger partial charge in [-0.25, -0.2) is 4.98 Å². The van der Waals surface area contributed by atoms with E-state index in [-0.39, 0.29) is 29.7 Å². The SMILES string of the molecule is CNC(=O)c1cc(C(=O)Cc2ccn[nH]2)cc([C@@H](C)c2ccccc2)n1. The molecule has 0 saturated carbocycles. The number of nitrogens with one attached hydrogen (secondary N) is 2. The quantitative estimate of drug-likeness (QED) is 0.671. The predicted molar refractivity (Wildman–Crippen MR) is 98.2 cm³/mol. The summed E-state index contributed by atoms with van der Waals surface area (Å²) in [5.74, 6) is -0.453. The number of hydrogen-bond acceptors (Lipinski definition) is 4. The molecule has 0 unspecified atom stereocenters. The van der Waals surface area contributed by atoms with Crippen molar-refractivity contribution in [1.82, 2.24) is 20.5 Å². The van der Waals surface area contributed by atoms with Crippen LogP contribution in [0.25, 0.3) is 0 Å². The van der Waals surface area contributed by atoms with Crippen LogP contribution in [0.1, 0.15) is 50.6 Å². The largest absolute Gasteiger partial charge is 0.354 e. The van der Waals surface area contributed by atoms with Gasteiger partial charge in [0.05, 0.1) is 6.42 Å². The van der Waals surface area contributed by atoms with Crippen LogP contribution in [0.4, 0.5) is 0 Å². The van der Waals surface area contributed by atoms with E-state index >= 15 is 0 Å². The van der Waals surface area contributed by atoms with Crippen molar-refractivity contribution in [3.8, 4) is 0 Å². The number of Topliss-reactive ketones (excluding diaryl/α,β-unsaturated/α-hetero) is 1. The van der Waals surface area contributed by atoms with E-state index < -0.39 is 0 Å². The minimum absolute atomic E-state index is 0.0421. The Balaban J connectivity index is 1.98. The molecule has 6 heteroatoms. The number of benzene rings is 1. The lowest BCUT2D eigenvalue weighted by molar-refractivity contribution is 0.0958. The molecule has 0 bridgehead atoms. The zero-order valence-corrected chi connectivity index (χ0v) is 14.7. The highest BCUT2D eigenvalue weighted by Crippen LogP contribution is 2.24. The molecule has 0 aliphatic carbocycles. The number of aromatic nitrogens is 3. The first-order valence-electron chi connectivity index (χ1n) is 8.39. The molecule has 0 aliphatic heterocycles. The first-order valence-corrected chi connectivity index (χ1v) is 8.39. The summed E-state index contributed by atoms with van der Waals surface area (Å²) in [6.45, 7) is 2.01. The van der Waals surface area contributed by atoms with Gasteiger partial charge in [0.25, 0.3) is 5.91 Å². The molecule has 6 nitrogen and oxygen atoms in total. The number of pyridine rings is 1. The zero-order chi connectivity index (χ0) is 18.5. The molecule has 1 atom stereocenters. The number of carbonyl (C=O) groups excluding carboxylic acids is 2. The lowest BCUT2D eigenvalue weighted by atomic mass is 9.94. The lowest BCUT2D eigenvalue weighted by Gasteiger charge is -2.14. The Bertz CT molecular complexity index is 905. The standard InChI is InChI=1S/C20H20N4O2/c1-13(14-6-4-3-5-7-14)17-10-15(11-18(23-17)20(26)21-2)19(25)12-16-8-9-22-24-16/h3-11,13H,12H2,1-2H3,(H,21,26)(H,22,24)/t13-/m0/s1. The molecular formula is C20H20N4O2. The second kappa shape index (κ2) is 7.74. The van der Waals surface area contributed by atoms with Crippen LogP contribution in [0.5, 0.6) is 0 Å². The normalized spacial score (nSPS) is 11.8. The van der Waals surface area contributed by atoms with Gasteiger partial charge in [0, 0.05) is 36.1 Å². The molecule has 0 fully saturated rings. The number of amides is 1. The van der Waals surface area contributed by atoms with E-state index in [2.05, 4.69) is 20.5 Å². The van der Waals surface area contributed by atoms with Gasteiger partial charge in [-0.05, 0) is 23.8 Å². The lowest BCUT2D eigenvalue weighted by Crippen LogP contribution is -2.21. The van der Waals surface area contributed by atoms with E-state index in [1.165, 1.54) is 0 Å². The number of H-pyrrole nitrogens is 1. The van der Waals surface area contributed by atoms with Crippen molar-refractivity contribution in [2.24, 2.45) is 0 Å². The number of hydrogen-bond donors (Lipinski definition) is 2. The van der Waals surface area contributed by atoms with E-state index in [0.717, 1.165) is 11.3 Å². The number of aromatic amines is 1.